The van der Waals surface area contributed by atoms with Gasteiger partial charge in [0.15, 0.2) is 0 Å². The van der Waals surface area contributed by atoms with Crippen LogP contribution in [0.3, 0.4) is 0 Å². The Hall–Kier alpha value is -1.69. The first-order valence-corrected chi connectivity index (χ1v) is 9.39. The molecular formula is C17H24N2O3S. The normalized spacial score (nSPS) is 16.0. The van der Waals surface area contributed by atoms with Gasteiger partial charge in [-0.25, -0.2) is 4.79 Å². The Bertz CT molecular complexity index is 527. The third-order valence-corrected chi connectivity index (χ3v) is 4.71. The lowest BCUT2D eigenvalue weighted by atomic mass is 10.1. The second-order valence-electron chi connectivity index (χ2n) is 5.74. The van der Waals surface area contributed by atoms with Crippen LogP contribution in [0.15, 0.2) is 24.3 Å². The van der Waals surface area contributed by atoms with Crippen LogP contribution < -0.4 is 10.2 Å². The van der Waals surface area contributed by atoms with Crippen LogP contribution in [0.5, 0.6) is 0 Å². The van der Waals surface area contributed by atoms with Gasteiger partial charge in [0, 0.05) is 24.3 Å². The van der Waals surface area contributed by atoms with E-state index in [2.05, 4.69) is 10.2 Å². The van der Waals surface area contributed by atoms with E-state index >= 15 is 0 Å². The lowest BCUT2D eigenvalue weighted by molar-refractivity contribution is -0.139. The Morgan fingerprint density at radius 1 is 1.22 bits per heavy atom. The van der Waals surface area contributed by atoms with Crippen molar-refractivity contribution in [3.8, 4) is 0 Å². The number of nitrogens with one attached hydrogen (secondary N) is 1. The van der Waals surface area contributed by atoms with Crippen LogP contribution in [-0.4, -0.2) is 48.1 Å². The summed E-state index contributed by atoms with van der Waals surface area (Å²) < 4.78 is 0. The van der Waals surface area contributed by atoms with Gasteiger partial charge in [-0.1, -0.05) is 0 Å². The van der Waals surface area contributed by atoms with Crippen LogP contribution in [0.4, 0.5) is 5.69 Å². The first-order chi connectivity index (χ1) is 11.1. The molecule has 1 aromatic carbocycles. The SMILES string of the molecule is CSCC[C@@H](NC(=O)c1ccc(N2CCCCC2)cc1)C(=O)O. The van der Waals surface area contributed by atoms with Crippen LogP contribution in [0.25, 0.3) is 0 Å². The molecule has 0 radical (unpaired) electrons. The number of nitrogens with zero attached hydrogens (tertiary/aromatic N) is 1. The van der Waals surface area contributed by atoms with Gasteiger partial charge in [-0.3, -0.25) is 4.79 Å². The molecule has 2 rings (SSSR count). The summed E-state index contributed by atoms with van der Waals surface area (Å²) >= 11 is 1.57. The predicted octanol–water partition coefficient (Wildman–Crippen LogP) is 2.61. The largest absolute Gasteiger partial charge is 0.480 e. The molecule has 0 aliphatic carbocycles. The average Bonchev–Trinajstić information content (AvgIpc) is 2.59. The molecule has 1 aliphatic rings. The number of carbonyl (C=O) groups is 2. The van der Waals surface area contributed by atoms with Gasteiger partial charge in [0.05, 0.1) is 0 Å². The smallest absolute Gasteiger partial charge is 0.326 e. The van der Waals surface area contributed by atoms with Crippen molar-refractivity contribution in [3.05, 3.63) is 29.8 Å². The van der Waals surface area contributed by atoms with Crippen LogP contribution >= 0.6 is 11.8 Å². The van der Waals surface area contributed by atoms with Crippen molar-refractivity contribution in [1.82, 2.24) is 5.32 Å². The van der Waals surface area contributed by atoms with Crippen LogP contribution in [0, 0.1) is 0 Å². The Morgan fingerprint density at radius 3 is 2.43 bits per heavy atom. The predicted molar refractivity (Wildman–Crippen MR) is 94.4 cm³/mol. The number of rotatable bonds is 7. The molecule has 1 aliphatic heterocycles. The van der Waals surface area contributed by atoms with Gasteiger partial charge in [-0.15, -0.1) is 0 Å². The molecule has 5 nitrogen and oxygen atoms in total. The van der Waals surface area contributed by atoms with Crippen molar-refractivity contribution < 1.29 is 14.7 Å². The van der Waals surface area contributed by atoms with Crippen molar-refractivity contribution in [2.24, 2.45) is 0 Å². The first-order valence-electron chi connectivity index (χ1n) is 7.99. The molecule has 1 saturated heterocycles. The fourth-order valence-electron chi connectivity index (χ4n) is 2.71. The molecule has 6 heteroatoms. The Labute approximate surface area is 141 Å². The number of thioether (sulfide) groups is 1. The maximum absolute atomic E-state index is 12.2. The van der Waals surface area contributed by atoms with E-state index in [1.807, 2.05) is 18.4 Å². The van der Waals surface area contributed by atoms with Crippen LogP contribution in [-0.2, 0) is 4.79 Å². The highest BCUT2D eigenvalue weighted by Gasteiger charge is 2.20. The Balaban J connectivity index is 1.97. The fourth-order valence-corrected chi connectivity index (χ4v) is 3.18. The number of anilines is 1. The van der Waals surface area contributed by atoms with E-state index in [0.717, 1.165) is 18.8 Å². The quantitative estimate of drug-likeness (QED) is 0.801. The Morgan fingerprint density at radius 2 is 1.87 bits per heavy atom. The average molecular weight is 336 g/mol. The minimum absolute atomic E-state index is 0.330. The van der Waals surface area contributed by atoms with E-state index in [-0.39, 0.29) is 5.91 Å². The molecule has 1 aromatic rings. The fraction of sp³-hybridized carbons (Fsp3) is 0.529. The van der Waals surface area contributed by atoms with E-state index < -0.39 is 12.0 Å². The number of carboxylic acid groups (broad SMARTS) is 1. The summed E-state index contributed by atoms with van der Waals surface area (Å²) in [5, 5.41) is 11.8. The lowest BCUT2D eigenvalue weighted by Gasteiger charge is -2.28. The van der Waals surface area contributed by atoms with E-state index in [4.69, 9.17) is 0 Å². The summed E-state index contributed by atoms with van der Waals surface area (Å²) in [6.07, 6.45) is 6.04. The van der Waals surface area contributed by atoms with E-state index in [1.165, 1.54) is 19.3 Å². The van der Waals surface area contributed by atoms with Crippen molar-refractivity contribution in [2.75, 3.05) is 30.0 Å². The van der Waals surface area contributed by atoms with Gasteiger partial charge in [-0.2, -0.15) is 11.8 Å². The number of aliphatic carboxylic acids is 1. The molecule has 0 aromatic heterocycles. The van der Waals surface area contributed by atoms with Crippen LogP contribution in [0.2, 0.25) is 0 Å². The van der Waals surface area contributed by atoms with Crippen molar-refractivity contribution in [3.63, 3.8) is 0 Å². The molecule has 0 unspecified atom stereocenters. The second kappa shape index (κ2) is 8.82. The minimum Gasteiger partial charge on any atom is -0.480 e. The van der Waals surface area contributed by atoms with Crippen molar-refractivity contribution in [1.29, 1.82) is 0 Å². The summed E-state index contributed by atoms with van der Waals surface area (Å²) in [6, 6.07) is 6.59. The second-order valence-corrected chi connectivity index (χ2v) is 6.73. The lowest BCUT2D eigenvalue weighted by Crippen LogP contribution is -2.41. The highest BCUT2D eigenvalue weighted by molar-refractivity contribution is 7.98. The molecule has 1 fully saturated rings. The monoisotopic (exact) mass is 336 g/mol. The highest BCUT2D eigenvalue weighted by Crippen LogP contribution is 2.20. The third kappa shape index (κ3) is 5.16. The molecule has 1 amide bonds. The zero-order valence-corrected chi connectivity index (χ0v) is 14.3. The maximum atomic E-state index is 12.2. The van der Waals surface area contributed by atoms with Gasteiger partial charge in [-0.05, 0) is 62.0 Å². The van der Waals surface area contributed by atoms with Gasteiger partial charge >= 0.3 is 5.97 Å². The number of carbonyl (C=O) groups excluding carboxylic acids is 1. The summed E-state index contributed by atoms with van der Waals surface area (Å²) in [6.45, 7) is 2.11. The highest BCUT2D eigenvalue weighted by atomic mass is 32.2. The third-order valence-electron chi connectivity index (χ3n) is 4.06. The number of carboxylic acids is 1. The zero-order chi connectivity index (χ0) is 16.7. The first kappa shape index (κ1) is 17.7. The van der Waals surface area contributed by atoms with Gasteiger partial charge < -0.3 is 15.3 Å². The van der Waals surface area contributed by atoms with Crippen molar-refractivity contribution in [2.45, 2.75) is 31.7 Å². The van der Waals surface area contributed by atoms with E-state index in [1.54, 1.807) is 23.9 Å². The summed E-state index contributed by atoms with van der Waals surface area (Å²) in [5.41, 5.74) is 1.62. The summed E-state index contributed by atoms with van der Waals surface area (Å²) in [7, 11) is 0. The molecule has 1 heterocycles. The molecule has 0 bridgehead atoms. The summed E-state index contributed by atoms with van der Waals surface area (Å²) in [4.78, 5) is 25.7. The van der Waals surface area contributed by atoms with Gasteiger partial charge in [0.25, 0.3) is 5.91 Å². The topological polar surface area (TPSA) is 69.6 Å². The molecule has 0 saturated carbocycles. The molecule has 0 spiro atoms. The van der Waals surface area contributed by atoms with Crippen molar-refractivity contribution >= 4 is 29.3 Å². The summed E-state index contributed by atoms with van der Waals surface area (Å²) in [5.74, 6) is -0.619. The molecular weight excluding hydrogens is 312 g/mol. The molecule has 1 atom stereocenters. The number of benzene rings is 1. The van der Waals surface area contributed by atoms with Crippen LogP contribution in [0.1, 0.15) is 36.0 Å². The minimum atomic E-state index is -0.989. The van der Waals surface area contributed by atoms with E-state index in [9.17, 15) is 14.7 Å². The zero-order valence-electron chi connectivity index (χ0n) is 13.5. The maximum Gasteiger partial charge on any atom is 0.326 e. The number of amides is 1. The van der Waals surface area contributed by atoms with Gasteiger partial charge in [0.2, 0.25) is 0 Å². The van der Waals surface area contributed by atoms with E-state index in [0.29, 0.717) is 17.7 Å². The molecule has 126 valence electrons. The van der Waals surface area contributed by atoms with Gasteiger partial charge in [0.1, 0.15) is 6.04 Å². The number of hydrogen-bond acceptors (Lipinski definition) is 4. The number of piperidine rings is 1. The molecule has 23 heavy (non-hydrogen) atoms. The standard InChI is InChI=1S/C17H24N2O3S/c1-23-12-9-15(17(21)22)18-16(20)13-5-7-14(8-6-13)19-10-3-2-4-11-19/h5-8,15H,2-4,9-12H2,1H3,(H,18,20)(H,21,22)/t15-/m1/s1. The molecule has 2 N–H and O–H groups in total. The number of hydrogen-bond donors (Lipinski definition) is 2. The Kier molecular flexibility index (Phi) is 6.77.